The fourth-order valence-electron chi connectivity index (χ4n) is 3.43. The van der Waals surface area contributed by atoms with Gasteiger partial charge in [-0.1, -0.05) is 78.4 Å². The molecule has 164 valence electrons. The molecule has 0 amide bonds. The standard InChI is InChI=1S/C24H20OPS.C5H5.Fe/c1-19-15-17-22(18-16-19)27(25)24-14-8-13-23(24)26(20-9-4-2-5-10-20)21-11-6-3-7-12-21;1-2-4-5-3-1;/h2-18H,1H3;1-5H;/q;;+2/t27-;;/m0../s1. The molecule has 4 heteroatoms. The van der Waals surface area contributed by atoms with Crippen LogP contribution in [-0.2, 0) is 27.9 Å². The third-order valence-electron chi connectivity index (χ3n) is 5.01. The molecule has 1 atom stereocenters. The molecule has 0 N–H and O–H groups in total. The molecule has 0 unspecified atom stereocenters. The van der Waals surface area contributed by atoms with Crippen molar-refractivity contribution in [3.8, 4) is 0 Å². The maximum atomic E-state index is 13.3. The van der Waals surface area contributed by atoms with E-state index in [0.717, 1.165) is 10.1 Å². The van der Waals surface area contributed by atoms with E-state index in [4.69, 9.17) is 0 Å². The van der Waals surface area contributed by atoms with E-state index < -0.39 is 18.7 Å². The molecular weight excluding hydrogens is 483 g/mol. The Labute approximate surface area is 214 Å². The van der Waals surface area contributed by atoms with E-state index in [0.29, 0.717) is 0 Å². The zero-order chi connectivity index (χ0) is 22.2. The van der Waals surface area contributed by atoms with Gasteiger partial charge < -0.3 is 0 Å². The van der Waals surface area contributed by atoms with Gasteiger partial charge >= 0.3 is 17.1 Å². The number of rotatable bonds is 5. The van der Waals surface area contributed by atoms with Gasteiger partial charge in [-0.05, 0) is 89.0 Å². The van der Waals surface area contributed by atoms with Crippen molar-refractivity contribution in [2.45, 2.75) is 11.8 Å². The fraction of sp³-hybridized carbons (Fsp3) is 0.0345. The monoisotopic (exact) mass is 508 g/mol. The molecule has 10 radical (unpaired) electrons. The smallest absolute Gasteiger partial charge is 0.254 e. The summed E-state index contributed by atoms with van der Waals surface area (Å²) in [7, 11) is -1.94. The molecule has 1 nitrogen and oxygen atoms in total. The van der Waals surface area contributed by atoms with Crippen LogP contribution in [0.4, 0.5) is 0 Å². The molecule has 3 aromatic rings. The minimum absolute atomic E-state index is 0. The van der Waals surface area contributed by atoms with Gasteiger partial charge in [-0.3, -0.25) is 4.21 Å². The number of hydrogen-bond donors (Lipinski definition) is 0. The first kappa shape index (κ1) is 26.4. The predicted octanol–water partition coefficient (Wildman–Crippen LogP) is 5.94. The Balaban J connectivity index is 0.000000453. The van der Waals surface area contributed by atoms with Crippen molar-refractivity contribution in [1.29, 1.82) is 0 Å². The summed E-state index contributed by atoms with van der Waals surface area (Å²) in [5.74, 6) is 0. The normalized spacial score (nSPS) is 17.3. The minimum atomic E-state index is -1.19. The van der Waals surface area contributed by atoms with Gasteiger partial charge in [-0.25, -0.2) is 0 Å². The summed E-state index contributed by atoms with van der Waals surface area (Å²) in [6.07, 6.45) is 16.2. The van der Waals surface area contributed by atoms with E-state index in [1.165, 1.54) is 21.8 Å². The second kappa shape index (κ2) is 13.6. The topological polar surface area (TPSA) is 17.1 Å². The third-order valence-corrected chi connectivity index (χ3v) is 9.12. The van der Waals surface area contributed by atoms with Gasteiger partial charge in [-0.15, -0.1) is 0 Å². The molecular formula is C29H25FeOPS+2. The van der Waals surface area contributed by atoms with Crippen LogP contribution in [0, 0.1) is 69.2 Å². The summed E-state index contributed by atoms with van der Waals surface area (Å²) in [6, 6.07) is 29.0. The van der Waals surface area contributed by atoms with Crippen LogP contribution in [0.5, 0.6) is 0 Å². The van der Waals surface area contributed by atoms with Crippen LogP contribution in [0.1, 0.15) is 5.56 Å². The van der Waals surface area contributed by atoms with Crippen molar-refractivity contribution in [2.75, 3.05) is 0 Å². The van der Waals surface area contributed by atoms with Gasteiger partial charge in [0.05, 0.1) is 16.0 Å². The molecule has 0 heterocycles. The Morgan fingerprint density at radius 2 is 1.09 bits per heavy atom. The van der Waals surface area contributed by atoms with Crippen LogP contribution in [-0.4, -0.2) is 4.21 Å². The summed E-state index contributed by atoms with van der Waals surface area (Å²) >= 11 is 0. The average Bonchev–Trinajstić information content (AvgIpc) is 3.57. The van der Waals surface area contributed by atoms with Crippen molar-refractivity contribution >= 4 is 29.3 Å². The predicted molar refractivity (Wildman–Crippen MR) is 138 cm³/mol. The molecule has 2 saturated carbocycles. The SMILES string of the molecule is Cc1ccc([S@](=O)[C]2[CH][CH][CH][C]2P(c2ccccc2)c2ccccc2)cc1.[CH]1[CH][CH][CH][CH]1.[Fe+2]. The molecule has 0 aromatic heterocycles. The zero-order valence-corrected chi connectivity index (χ0v) is 21.1. The van der Waals surface area contributed by atoms with Crippen molar-refractivity contribution in [3.63, 3.8) is 0 Å². The molecule has 0 saturated heterocycles. The van der Waals surface area contributed by atoms with Crippen LogP contribution in [0.3, 0.4) is 0 Å². The molecule has 5 rings (SSSR count). The molecule has 0 spiro atoms. The van der Waals surface area contributed by atoms with Crippen LogP contribution in [0.25, 0.3) is 0 Å². The van der Waals surface area contributed by atoms with Crippen molar-refractivity contribution in [3.05, 3.63) is 153 Å². The van der Waals surface area contributed by atoms with E-state index in [-0.39, 0.29) is 17.1 Å². The van der Waals surface area contributed by atoms with E-state index in [2.05, 4.69) is 55.0 Å². The minimum Gasteiger partial charge on any atom is -0.254 e. The summed E-state index contributed by atoms with van der Waals surface area (Å²) in [5, 5.41) is 3.46. The summed E-state index contributed by atoms with van der Waals surface area (Å²) < 4.78 is 13.3. The number of hydrogen-bond acceptors (Lipinski definition) is 1. The van der Waals surface area contributed by atoms with Crippen molar-refractivity contribution in [1.82, 2.24) is 0 Å². The van der Waals surface area contributed by atoms with Crippen LogP contribution in [0.15, 0.2) is 89.8 Å². The molecule has 33 heavy (non-hydrogen) atoms. The first-order valence-corrected chi connectivity index (χ1v) is 13.0. The van der Waals surface area contributed by atoms with E-state index in [9.17, 15) is 4.21 Å². The summed E-state index contributed by atoms with van der Waals surface area (Å²) in [4.78, 5) is 0.851. The van der Waals surface area contributed by atoms with E-state index >= 15 is 0 Å². The Bertz CT molecular complexity index is 926. The molecule has 0 bridgehead atoms. The summed E-state index contributed by atoms with van der Waals surface area (Å²) in [6.45, 7) is 2.05. The van der Waals surface area contributed by atoms with Gasteiger partial charge in [-0.2, -0.15) is 0 Å². The Morgan fingerprint density at radius 3 is 1.58 bits per heavy atom. The van der Waals surface area contributed by atoms with Crippen LogP contribution >= 0.6 is 7.92 Å². The van der Waals surface area contributed by atoms with Crippen molar-refractivity contribution in [2.24, 2.45) is 0 Å². The van der Waals surface area contributed by atoms with Gasteiger partial charge in [0, 0.05) is 10.6 Å². The number of benzene rings is 3. The van der Waals surface area contributed by atoms with Gasteiger partial charge in [0.2, 0.25) is 0 Å². The second-order valence-corrected chi connectivity index (χ2v) is 11.0. The molecule has 2 aliphatic carbocycles. The maximum absolute atomic E-state index is 13.3. The summed E-state index contributed by atoms with van der Waals surface area (Å²) in [5.41, 5.74) is 2.34. The largest absolute Gasteiger partial charge is 2.00 e. The molecule has 3 aromatic carbocycles. The third kappa shape index (κ3) is 7.12. The molecule has 2 fully saturated rings. The van der Waals surface area contributed by atoms with E-state index in [1.807, 2.05) is 88.3 Å². The number of aryl methyl sites for hydroxylation is 1. The van der Waals surface area contributed by atoms with Gasteiger partial charge in [0.15, 0.2) is 0 Å². The van der Waals surface area contributed by atoms with Gasteiger partial charge in [0.1, 0.15) is 0 Å². The van der Waals surface area contributed by atoms with Crippen LogP contribution < -0.4 is 10.6 Å². The maximum Gasteiger partial charge on any atom is 2.00 e. The molecule has 2 aliphatic rings. The van der Waals surface area contributed by atoms with Crippen LogP contribution in [0.2, 0.25) is 0 Å². The fourth-order valence-corrected chi connectivity index (χ4v) is 7.37. The first-order chi connectivity index (χ1) is 15.7. The Morgan fingerprint density at radius 1 is 0.606 bits per heavy atom. The van der Waals surface area contributed by atoms with Gasteiger partial charge in [0.25, 0.3) is 0 Å². The van der Waals surface area contributed by atoms with E-state index in [1.54, 1.807) is 0 Å². The Hall–Kier alpha value is -1.24. The zero-order valence-electron chi connectivity index (χ0n) is 18.3. The molecule has 0 aliphatic heterocycles. The second-order valence-electron chi connectivity index (χ2n) is 7.33. The quantitative estimate of drug-likeness (QED) is 0.308. The first-order valence-electron chi connectivity index (χ1n) is 10.5. The Kier molecular flexibility index (Phi) is 10.9. The van der Waals surface area contributed by atoms with Crippen molar-refractivity contribution < 1.29 is 21.3 Å². The average molecular weight is 508 g/mol.